The van der Waals surface area contributed by atoms with E-state index in [1.807, 2.05) is 25.1 Å². The number of hydrogen-bond acceptors (Lipinski definition) is 6. The van der Waals surface area contributed by atoms with Crippen LogP contribution in [0.2, 0.25) is 0 Å². The molecule has 1 aromatic heterocycles. The first-order valence-electron chi connectivity index (χ1n) is 4.75. The van der Waals surface area contributed by atoms with Crippen molar-refractivity contribution in [3.8, 4) is 0 Å². The minimum atomic E-state index is 0.0920. The monoisotopic (exact) mass is 266 g/mol. The van der Waals surface area contributed by atoms with Gasteiger partial charge in [-0.2, -0.15) is 0 Å². The number of aromatic nitrogens is 2. The Bertz CT molecular complexity index is 553. The molecule has 2 rings (SSSR count). The quantitative estimate of drug-likeness (QED) is 0.384. The van der Waals surface area contributed by atoms with E-state index in [9.17, 15) is 0 Å². The lowest BCUT2D eigenvalue weighted by molar-refractivity contribution is 0.318. The fourth-order valence-corrected chi connectivity index (χ4v) is 3.15. The molecule has 1 aromatic carbocycles. The molecular weight excluding hydrogens is 256 g/mol. The first-order valence-corrected chi connectivity index (χ1v) is 6.39. The van der Waals surface area contributed by atoms with Crippen molar-refractivity contribution in [3.05, 3.63) is 34.8 Å². The Morgan fingerprint density at radius 2 is 2.18 bits per heavy atom. The zero-order valence-corrected chi connectivity index (χ0v) is 10.6. The van der Waals surface area contributed by atoms with Gasteiger partial charge < -0.3 is 10.9 Å². The number of benzene rings is 1. The molecule has 0 unspecified atom stereocenters. The molecule has 0 aliphatic rings. The van der Waals surface area contributed by atoms with Crippen LogP contribution in [-0.4, -0.2) is 21.2 Å². The highest BCUT2D eigenvalue weighted by Gasteiger charge is 2.10. The third-order valence-electron chi connectivity index (χ3n) is 1.98. The van der Waals surface area contributed by atoms with Gasteiger partial charge in [-0.15, -0.1) is 10.2 Å². The molecule has 1 heterocycles. The van der Waals surface area contributed by atoms with E-state index in [4.69, 9.17) is 10.9 Å². The molecule has 0 radical (unpaired) electrons. The molecule has 0 fully saturated rings. The lowest BCUT2D eigenvalue weighted by Gasteiger charge is -2.04. The minimum absolute atomic E-state index is 0.0920. The van der Waals surface area contributed by atoms with Crippen LogP contribution >= 0.6 is 23.1 Å². The molecule has 7 heteroatoms. The topological polar surface area (TPSA) is 84.4 Å². The summed E-state index contributed by atoms with van der Waals surface area (Å²) in [7, 11) is 0. The summed E-state index contributed by atoms with van der Waals surface area (Å²) in [6.45, 7) is 1.90. The van der Waals surface area contributed by atoms with Gasteiger partial charge in [-0.3, -0.25) is 0 Å². The smallest absolute Gasteiger partial charge is 0.179 e. The van der Waals surface area contributed by atoms with Gasteiger partial charge >= 0.3 is 0 Å². The fraction of sp³-hybridized carbons (Fsp3) is 0.100. The first kappa shape index (κ1) is 11.9. The van der Waals surface area contributed by atoms with Crippen LogP contribution in [0.4, 0.5) is 0 Å². The Labute approximate surface area is 106 Å². The molecule has 0 atom stereocenters. The standard InChI is InChI=1S/C10H10N4OS2/c1-6-12-13-10(16-6)17-8-5-3-2-4-7(8)9(11)14-15/h2-5,15H,1H3,(H2,11,14). The second-order valence-corrected chi connectivity index (χ2v) is 5.64. The minimum Gasteiger partial charge on any atom is -0.409 e. The maximum atomic E-state index is 8.71. The number of hydrogen-bond donors (Lipinski definition) is 2. The van der Waals surface area contributed by atoms with E-state index < -0.39 is 0 Å². The Kier molecular flexibility index (Phi) is 3.60. The lowest BCUT2D eigenvalue weighted by atomic mass is 10.2. The largest absolute Gasteiger partial charge is 0.409 e. The molecule has 17 heavy (non-hydrogen) atoms. The summed E-state index contributed by atoms with van der Waals surface area (Å²) in [5.74, 6) is 0.0920. The summed E-state index contributed by atoms with van der Waals surface area (Å²) in [4.78, 5) is 0.888. The first-order chi connectivity index (χ1) is 8.20. The molecule has 0 spiro atoms. The van der Waals surface area contributed by atoms with E-state index in [1.54, 1.807) is 6.07 Å². The van der Waals surface area contributed by atoms with Gasteiger partial charge in [0.05, 0.1) is 0 Å². The van der Waals surface area contributed by atoms with Crippen molar-refractivity contribution in [1.29, 1.82) is 0 Å². The molecule has 0 aliphatic carbocycles. The highest BCUT2D eigenvalue weighted by atomic mass is 32.2. The molecule has 3 N–H and O–H groups in total. The third kappa shape index (κ3) is 2.75. The van der Waals surface area contributed by atoms with Crippen LogP contribution in [0.3, 0.4) is 0 Å². The zero-order chi connectivity index (χ0) is 12.3. The number of nitrogens with two attached hydrogens (primary N) is 1. The Morgan fingerprint density at radius 3 is 2.82 bits per heavy atom. The summed E-state index contributed by atoms with van der Waals surface area (Å²) < 4.78 is 0.834. The summed E-state index contributed by atoms with van der Waals surface area (Å²) in [6, 6.07) is 7.42. The molecule has 0 saturated heterocycles. The van der Waals surface area contributed by atoms with Crippen molar-refractivity contribution in [2.45, 2.75) is 16.2 Å². The number of aryl methyl sites for hydroxylation is 1. The van der Waals surface area contributed by atoms with Crippen molar-refractivity contribution in [1.82, 2.24) is 10.2 Å². The summed E-state index contributed by atoms with van der Waals surface area (Å²) in [5.41, 5.74) is 6.30. The number of oxime groups is 1. The maximum Gasteiger partial charge on any atom is 0.179 e. The van der Waals surface area contributed by atoms with Crippen LogP contribution in [-0.2, 0) is 0 Å². The number of nitrogens with zero attached hydrogens (tertiary/aromatic N) is 3. The van der Waals surface area contributed by atoms with Crippen LogP contribution in [0, 0.1) is 6.92 Å². The summed E-state index contributed by atoms with van der Waals surface area (Å²) in [6.07, 6.45) is 0. The summed E-state index contributed by atoms with van der Waals surface area (Å²) in [5, 5.41) is 20.6. The van der Waals surface area contributed by atoms with Gasteiger partial charge in [0.2, 0.25) is 0 Å². The second-order valence-electron chi connectivity index (χ2n) is 3.17. The highest BCUT2D eigenvalue weighted by Crippen LogP contribution is 2.32. The molecular formula is C10H10N4OS2. The Morgan fingerprint density at radius 1 is 1.41 bits per heavy atom. The van der Waals surface area contributed by atoms with E-state index in [0.29, 0.717) is 5.56 Å². The normalized spacial score (nSPS) is 11.7. The van der Waals surface area contributed by atoms with E-state index in [1.165, 1.54) is 23.1 Å². The molecule has 5 nitrogen and oxygen atoms in total. The van der Waals surface area contributed by atoms with Crippen molar-refractivity contribution in [3.63, 3.8) is 0 Å². The fourth-order valence-electron chi connectivity index (χ4n) is 1.23. The summed E-state index contributed by atoms with van der Waals surface area (Å²) >= 11 is 2.96. The average molecular weight is 266 g/mol. The third-order valence-corrected chi connectivity index (χ3v) is 3.94. The van der Waals surface area contributed by atoms with E-state index >= 15 is 0 Å². The average Bonchev–Trinajstić information content (AvgIpc) is 2.74. The molecule has 0 amide bonds. The van der Waals surface area contributed by atoms with Gasteiger partial charge in [-0.25, -0.2) is 0 Å². The van der Waals surface area contributed by atoms with Gasteiger partial charge in [0.1, 0.15) is 5.01 Å². The van der Waals surface area contributed by atoms with Crippen LogP contribution in [0.1, 0.15) is 10.6 Å². The SMILES string of the molecule is Cc1nnc(Sc2ccccc2/C(N)=N/O)s1. The van der Waals surface area contributed by atoms with Gasteiger partial charge in [0, 0.05) is 10.5 Å². The van der Waals surface area contributed by atoms with Crippen molar-refractivity contribution >= 4 is 28.9 Å². The van der Waals surface area contributed by atoms with Gasteiger partial charge in [-0.1, -0.05) is 46.5 Å². The van der Waals surface area contributed by atoms with E-state index in [-0.39, 0.29) is 5.84 Å². The zero-order valence-electron chi connectivity index (χ0n) is 8.99. The van der Waals surface area contributed by atoms with Crippen LogP contribution < -0.4 is 5.73 Å². The second kappa shape index (κ2) is 5.15. The highest BCUT2D eigenvalue weighted by molar-refractivity contribution is 8.01. The van der Waals surface area contributed by atoms with Crippen molar-refractivity contribution in [2.24, 2.45) is 10.9 Å². The number of amidine groups is 1. The molecule has 0 aliphatic heterocycles. The van der Waals surface area contributed by atoms with Crippen molar-refractivity contribution < 1.29 is 5.21 Å². The van der Waals surface area contributed by atoms with Crippen LogP contribution in [0.25, 0.3) is 0 Å². The predicted molar refractivity (Wildman–Crippen MR) is 67.7 cm³/mol. The molecule has 0 saturated carbocycles. The predicted octanol–water partition coefficient (Wildman–Crippen LogP) is 2.09. The lowest BCUT2D eigenvalue weighted by Crippen LogP contribution is -2.13. The number of rotatable bonds is 3. The molecule has 88 valence electrons. The molecule has 2 aromatic rings. The Hall–Kier alpha value is -1.60. The Balaban J connectivity index is 2.32. The van der Waals surface area contributed by atoms with Crippen LogP contribution in [0.5, 0.6) is 0 Å². The van der Waals surface area contributed by atoms with E-state index in [0.717, 1.165) is 14.2 Å². The van der Waals surface area contributed by atoms with E-state index in [2.05, 4.69) is 15.4 Å². The van der Waals surface area contributed by atoms with Gasteiger partial charge in [0.25, 0.3) is 0 Å². The molecule has 0 bridgehead atoms. The van der Waals surface area contributed by atoms with Gasteiger partial charge in [0.15, 0.2) is 10.2 Å². The van der Waals surface area contributed by atoms with Crippen molar-refractivity contribution in [2.75, 3.05) is 0 Å². The maximum absolute atomic E-state index is 8.71. The van der Waals surface area contributed by atoms with Gasteiger partial charge in [-0.05, 0) is 13.0 Å². The van der Waals surface area contributed by atoms with Crippen LogP contribution in [0.15, 0.2) is 38.7 Å².